The number of nitrogens with two attached hydrogens (primary N) is 1. The van der Waals surface area contributed by atoms with Gasteiger partial charge in [-0.25, -0.2) is 9.97 Å². The predicted octanol–water partition coefficient (Wildman–Crippen LogP) is 2.38. The number of carbonyl (C=O) groups excluding carboxylic acids is 2. The van der Waals surface area contributed by atoms with Crippen LogP contribution in [0.2, 0.25) is 0 Å². The van der Waals surface area contributed by atoms with Gasteiger partial charge in [-0.3, -0.25) is 14.2 Å². The molecule has 1 heterocycles. The monoisotopic (exact) mass is 400 g/mol. The van der Waals surface area contributed by atoms with Gasteiger partial charge in [-0.15, -0.1) is 0 Å². The van der Waals surface area contributed by atoms with E-state index in [1.807, 2.05) is 0 Å². The lowest BCUT2D eigenvalue weighted by Gasteiger charge is -2.16. The van der Waals surface area contributed by atoms with Gasteiger partial charge in [-0.2, -0.15) is 0 Å². The van der Waals surface area contributed by atoms with E-state index in [4.69, 9.17) is 14.8 Å². The van der Waals surface area contributed by atoms with Crippen molar-refractivity contribution in [2.24, 2.45) is 0 Å². The fourth-order valence-corrected chi connectivity index (χ4v) is 4.00. The number of nitrogen functional groups attached to an aromatic ring is 1. The fourth-order valence-electron chi connectivity index (χ4n) is 2.34. The molecule has 0 spiro atoms. The minimum atomic E-state index is -3.12. The van der Waals surface area contributed by atoms with Crippen LogP contribution in [0.5, 0.6) is 0 Å². The summed E-state index contributed by atoms with van der Waals surface area (Å²) in [6, 6.07) is 0. The molecule has 0 aromatic carbocycles. The second kappa shape index (κ2) is 11.8. The van der Waals surface area contributed by atoms with Gasteiger partial charge in [0.2, 0.25) is 5.91 Å². The number of aryl methyl sites for hydroxylation is 1. The maximum atomic E-state index is 12.3. The van der Waals surface area contributed by atoms with Crippen LogP contribution in [0, 0.1) is 6.92 Å². The second-order valence-electron chi connectivity index (χ2n) is 5.92. The minimum absolute atomic E-state index is 0.0668. The standard InChI is InChI=1S/C17H29N4O5P/c1-4-25-27(24,26-5-2)10-6-7-15(22)8-9-16(23)20-12-14-11-19-13(3)21-17(14)18/h11H,4-10,12H2,1-3H3,(H,20,23)(H2,18,19,21). The highest BCUT2D eigenvalue weighted by atomic mass is 31.2. The van der Waals surface area contributed by atoms with Crippen LogP contribution >= 0.6 is 7.60 Å². The van der Waals surface area contributed by atoms with E-state index in [9.17, 15) is 14.2 Å². The Balaban J connectivity index is 2.29. The van der Waals surface area contributed by atoms with Crippen LogP contribution in [0.4, 0.5) is 5.82 Å². The molecule has 9 nitrogen and oxygen atoms in total. The quantitative estimate of drug-likeness (QED) is 0.482. The first kappa shape index (κ1) is 23.2. The van der Waals surface area contributed by atoms with Gasteiger partial charge >= 0.3 is 7.60 Å². The van der Waals surface area contributed by atoms with Crippen LogP contribution in [0.15, 0.2) is 6.20 Å². The van der Waals surface area contributed by atoms with E-state index in [0.29, 0.717) is 36.8 Å². The van der Waals surface area contributed by atoms with Gasteiger partial charge < -0.3 is 20.1 Å². The molecule has 3 N–H and O–H groups in total. The van der Waals surface area contributed by atoms with Gasteiger partial charge in [-0.05, 0) is 27.2 Å². The molecule has 0 aliphatic carbocycles. The third kappa shape index (κ3) is 9.08. The van der Waals surface area contributed by atoms with Crippen molar-refractivity contribution in [3.63, 3.8) is 0 Å². The number of carbonyl (C=O) groups is 2. The first-order valence-electron chi connectivity index (χ1n) is 9.04. The van der Waals surface area contributed by atoms with Crippen LogP contribution in [0.1, 0.15) is 50.9 Å². The molecule has 0 aliphatic heterocycles. The smallest absolute Gasteiger partial charge is 0.330 e. The SMILES string of the molecule is CCOP(=O)(CCCC(=O)CCC(=O)NCc1cnc(C)nc1N)OCC. The van der Waals surface area contributed by atoms with E-state index < -0.39 is 7.60 Å². The fraction of sp³-hybridized carbons (Fsp3) is 0.647. The lowest BCUT2D eigenvalue weighted by molar-refractivity contribution is -0.125. The van der Waals surface area contributed by atoms with Gasteiger partial charge in [0.05, 0.1) is 19.4 Å². The number of hydrogen-bond donors (Lipinski definition) is 2. The summed E-state index contributed by atoms with van der Waals surface area (Å²) in [6.07, 6.45) is 2.60. The molecular weight excluding hydrogens is 371 g/mol. The second-order valence-corrected chi connectivity index (χ2v) is 8.10. The zero-order valence-corrected chi connectivity index (χ0v) is 17.1. The Kier molecular flexibility index (Phi) is 10.1. The molecule has 0 bridgehead atoms. The van der Waals surface area contributed by atoms with Crippen molar-refractivity contribution in [2.45, 2.75) is 53.0 Å². The lowest BCUT2D eigenvalue weighted by atomic mass is 10.1. The molecule has 10 heteroatoms. The largest absolute Gasteiger partial charge is 0.383 e. The lowest BCUT2D eigenvalue weighted by Crippen LogP contribution is -2.24. The van der Waals surface area contributed by atoms with Crippen molar-refractivity contribution in [1.29, 1.82) is 0 Å². The molecule has 1 rings (SSSR count). The molecule has 152 valence electrons. The first-order chi connectivity index (χ1) is 12.8. The Hall–Kier alpha value is -1.83. The van der Waals surface area contributed by atoms with Crippen LogP contribution in [0.25, 0.3) is 0 Å². The maximum Gasteiger partial charge on any atom is 0.330 e. The first-order valence-corrected chi connectivity index (χ1v) is 10.8. The Morgan fingerprint density at radius 1 is 1.19 bits per heavy atom. The van der Waals surface area contributed by atoms with Crippen molar-refractivity contribution in [3.8, 4) is 0 Å². The number of anilines is 1. The Morgan fingerprint density at radius 3 is 2.44 bits per heavy atom. The van der Waals surface area contributed by atoms with Crippen molar-refractivity contribution in [1.82, 2.24) is 15.3 Å². The molecule has 1 amide bonds. The van der Waals surface area contributed by atoms with Gasteiger partial charge in [0, 0.05) is 37.6 Å². The van der Waals surface area contributed by atoms with Crippen LogP contribution < -0.4 is 11.1 Å². The van der Waals surface area contributed by atoms with Crippen molar-refractivity contribution in [3.05, 3.63) is 17.6 Å². The predicted molar refractivity (Wildman–Crippen MR) is 102 cm³/mol. The summed E-state index contributed by atoms with van der Waals surface area (Å²) in [6.45, 7) is 6.01. The zero-order valence-electron chi connectivity index (χ0n) is 16.2. The van der Waals surface area contributed by atoms with Gasteiger partial charge in [-0.1, -0.05) is 0 Å². The molecule has 27 heavy (non-hydrogen) atoms. The molecule has 1 aromatic heterocycles. The van der Waals surface area contributed by atoms with Gasteiger partial charge in [0.25, 0.3) is 0 Å². The van der Waals surface area contributed by atoms with E-state index in [0.717, 1.165) is 0 Å². The van der Waals surface area contributed by atoms with Crippen LogP contribution in [0.3, 0.4) is 0 Å². The number of Topliss-reactive ketones (excluding diaryl/α,β-unsaturated/α-hetero) is 1. The number of rotatable bonds is 13. The van der Waals surface area contributed by atoms with Crippen molar-refractivity contribution in [2.75, 3.05) is 25.1 Å². The zero-order chi connectivity index (χ0) is 20.3. The van der Waals surface area contributed by atoms with E-state index in [1.54, 1.807) is 27.0 Å². The number of nitrogens with one attached hydrogen (secondary N) is 1. The number of ketones is 1. The third-order valence-electron chi connectivity index (χ3n) is 3.66. The van der Waals surface area contributed by atoms with E-state index in [1.165, 1.54) is 0 Å². The highest BCUT2D eigenvalue weighted by Gasteiger charge is 2.23. The highest BCUT2D eigenvalue weighted by Crippen LogP contribution is 2.48. The molecular formula is C17H29N4O5P. The Morgan fingerprint density at radius 2 is 1.85 bits per heavy atom. The summed E-state index contributed by atoms with van der Waals surface area (Å²) in [5.41, 5.74) is 6.39. The Labute approximate surface area is 160 Å². The summed E-state index contributed by atoms with van der Waals surface area (Å²) >= 11 is 0. The van der Waals surface area contributed by atoms with E-state index in [2.05, 4.69) is 15.3 Å². The molecule has 0 aliphatic rings. The average Bonchev–Trinajstić information content (AvgIpc) is 2.59. The minimum Gasteiger partial charge on any atom is -0.383 e. The third-order valence-corrected chi connectivity index (χ3v) is 5.83. The number of aromatic nitrogens is 2. The molecule has 0 fully saturated rings. The molecule has 0 radical (unpaired) electrons. The molecule has 0 atom stereocenters. The molecule has 0 saturated heterocycles. The van der Waals surface area contributed by atoms with Gasteiger partial charge in [0.15, 0.2) is 0 Å². The van der Waals surface area contributed by atoms with E-state index in [-0.39, 0.29) is 43.7 Å². The number of nitrogens with zero attached hydrogens (tertiary/aromatic N) is 2. The maximum absolute atomic E-state index is 12.3. The van der Waals surface area contributed by atoms with E-state index >= 15 is 0 Å². The summed E-state index contributed by atoms with van der Waals surface area (Å²) in [5, 5.41) is 2.69. The van der Waals surface area contributed by atoms with Crippen LogP contribution in [-0.4, -0.2) is 41.0 Å². The summed E-state index contributed by atoms with van der Waals surface area (Å²) in [5.74, 6) is 0.568. The molecule has 0 saturated carbocycles. The van der Waals surface area contributed by atoms with Gasteiger partial charge in [0.1, 0.15) is 17.4 Å². The van der Waals surface area contributed by atoms with Crippen molar-refractivity contribution < 1.29 is 23.2 Å². The normalized spacial score (nSPS) is 11.4. The summed E-state index contributed by atoms with van der Waals surface area (Å²) < 4.78 is 22.6. The topological polar surface area (TPSA) is 134 Å². The molecule has 1 aromatic rings. The van der Waals surface area contributed by atoms with Crippen molar-refractivity contribution >= 4 is 25.1 Å². The number of amides is 1. The number of hydrogen-bond acceptors (Lipinski definition) is 8. The summed E-state index contributed by atoms with van der Waals surface area (Å²) in [7, 11) is -3.12. The Bertz CT molecular complexity index is 673. The molecule has 0 unspecified atom stereocenters. The average molecular weight is 400 g/mol. The highest BCUT2D eigenvalue weighted by molar-refractivity contribution is 7.53. The van der Waals surface area contributed by atoms with Crippen LogP contribution in [-0.2, 0) is 29.7 Å². The summed E-state index contributed by atoms with van der Waals surface area (Å²) in [4.78, 5) is 31.9.